The molecule has 0 radical (unpaired) electrons. The summed E-state index contributed by atoms with van der Waals surface area (Å²) < 4.78 is 1.70. The van der Waals surface area contributed by atoms with E-state index in [9.17, 15) is 4.79 Å². The van der Waals surface area contributed by atoms with Crippen molar-refractivity contribution in [3.63, 3.8) is 0 Å². The number of nitrogens with one attached hydrogen (secondary N) is 1. The Morgan fingerprint density at radius 1 is 1.29 bits per heavy atom. The average Bonchev–Trinajstić information content (AvgIpc) is 2.38. The van der Waals surface area contributed by atoms with Crippen LogP contribution in [0.4, 0.5) is 5.82 Å². The fourth-order valence-corrected chi connectivity index (χ4v) is 2.50. The van der Waals surface area contributed by atoms with E-state index < -0.39 is 0 Å². The lowest BCUT2D eigenvalue weighted by molar-refractivity contribution is 0.247. The van der Waals surface area contributed by atoms with Crippen LogP contribution in [0.25, 0.3) is 0 Å². The van der Waals surface area contributed by atoms with E-state index in [1.54, 1.807) is 17.0 Å². The maximum absolute atomic E-state index is 12.3. The van der Waals surface area contributed by atoms with Gasteiger partial charge in [0.2, 0.25) is 0 Å². The largest absolute Gasteiger partial charge is 0.396 e. The number of rotatable bonds is 9. The van der Waals surface area contributed by atoms with Crippen molar-refractivity contribution in [1.82, 2.24) is 9.55 Å². The van der Waals surface area contributed by atoms with Gasteiger partial charge in [-0.05, 0) is 30.6 Å². The highest BCUT2D eigenvalue weighted by Crippen LogP contribution is 2.15. The Morgan fingerprint density at radius 3 is 2.57 bits per heavy atom. The quantitative estimate of drug-likeness (QED) is 0.734. The minimum absolute atomic E-state index is 0.0708. The number of anilines is 1. The van der Waals surface area contributed by atoms with Crippen LogP contribution in [0.2, 0.25) is 0 Å². The molecular weight excluding hydrogens is 266 g/mol. The Bertz CT molecular complexity index is 469. The van der Waals surface area contributed by atoms with E-state index in [2.05, 4.69) is 38.0 Å². The van der Waals surface area contributed by atoms with Crippen molar-refractivity contribution < 1.29 is 5.11 Å². The van der Waals surface area contributed by atoms with Crippen molar-refractivity contribution in [2.45, 2.75) is 47.1 Å². The predicted octanol–water partition coefficient (Wildman–Crippen LogP) is 2.36. The summed E-state index contributed by atoms with van der Waals surface area (Å²) in [5.74, 6) is 1.76. The summed E-state index contributed by atoms with van der Waals surface area (Å²) in [6.07, 6.45) is 5.17. The van der Waals surface area contributed by atoms with Crippen LogP contribution in [0.5, 0.6) is 0 Å². The summed E-state index contributed by atoms with van der Waals surface area (Å²) in [6, 6.07) is 0. The number of hydrogen-bond donors (Lipinski definition) is 2. The molecule has 1 unspecified atom stereocenters. The summed E-state index contributed by atoms with van der Waals surface area (Å²) >= 11 is 0. The molecule has 0 aromatic carbocycles. The molecule has 0 bridgehead atoms. The van der Waals surface area contributed by atoms with Crippen molar-refractivity contribution in [3.8, 4) is 0 Å². The predicted molar refractivity (Wildman–Crippen MR) is 86.5 cm³/mol. The van der Waals surface area contributed by atoms with Crippen LogP contribution in [-0.4, -0.2) is 27.8 Å². The van der Waals surface area contributed by atoms with Gasteiger partial charge in [-0.2, -0.15) is 0 Å². The van der Waals surface area contributed by atoms with E-state index >= 15 is 0 Å². The van der Waals surface area contributed by atoms with Crippen molar-refractivity contribution in [2.24, 2.45) is 17.8 Å². The smallest absolute Gasteiger partial charge is 0.293 e. The second kappa shape index (κ2) is 8.82. The van der Waals surface area contributed by atoms with Crippen molar-refractivity contribution >= 4 is 5.82 Å². The van der Waals surface area contributed by atoms with Gasteiger partial charge in [-0.25, -0.2) is 4.98 Å². The standard InChI is InChI=1S/C16H29N3O2/c1-12(2)9-14(5-8-20)10-18-15-16(21)19(7-6-17-15)11-13(3)4/h6-7,12-14,20H,5,8-11H2,1-4H3,(H,17,18). The molecule has 1 heterocycles. The molecule has 0 amide bonds. The molecular formula is C16H29N3O2. The molecule has 21 heavy (non-hydrogen) atoms. The Morgan fingerprint density at radius 2 is 2.00 bits per heavy atom. The SMILES string of the molecule is CC(C)CC(CCO)CNc1nccn(CC(C)C)c1=O. The zero-order chi connectivity index (χ0) is 15.8. The lowest BCUT2D eigenvalue weighted by Gasteiger charge is -2.19. The summed E-state index contributed by atoms with van der Waals surface area (Å²) in [7, 11) is 0. The van der Waals surface area contributed by atoms with Crippen molar-refractivity contribution in [1.29, 1.82) is 0 Å². The van der Waals surface area contributed by atoms with Gasteiger partial charge < -0.3 is 15.0 Å². The third-order valence-electron chi connectivity index (χ3n) is 3.38. The van der Waals surface area contributed by atoms with Crippen LogP contribution >= 0.6 is 0 Å². The Balaban J connectivity index is 2.71. The van der Waals surface area contributed by atoms with Gasteiger partial charge in [0.05, 0.1) is 0 Å². The summed E-state index contributed by atoms with van der Waals surface area (Å²) in [6.45, 7) is 10.1. The van der Waals surface area contributed by atoms with Crippen LogP contribution in [0, 0.1) is 17.8 Å². The van der Waals surface area contributed by atoms with Crippen LogP contribution in [0.15, 0.2) is 17.2 Å². The number of hydrogen-bond acceptors (Lipinski definition) is 4. The van der Waals surface area contributed by atoms with Crippen LogP contribution in [-0.2, 0) is 6.54 Å². The maximum Gasteiger partial charge on any atom is 0.293 e. The molecule has 0 saturated carbocycles. The van der Waals surface area contributed by atoms with Crippen molar-refractivity contribution in [3.05, 3.63) is 22.7 Å². The molecule has 0 saturated heterocycles. The lowest BCUT2D eigenvalue weighted by Crippen LogP contribution is -2.28. The first-order valence-electron chi connectivity index (χ1n) is 7.84. The first kappa shape index (κ1) is 17.7. The van der Waals surface area contributed by atoms with Gasteiger partial charge in [0.15, 0.2) is 5.82 Å². The number of nitrogens with zero attached hydrogens (tertiary/aromatic N) is 2. The van der Waals surface area contributed by atoms with E-state index in [0.29, 0.717) is 36.7 Å². The molecule has 0 aliphatic heterocycles. The van der Waals surface area contributed by atoms with Gasteiger partial charge in [0, 0.05) is 32.1 Å². The molecule has 2 N–H and O–H groups in total. The fraction of sp³-hybridized carbons (Fsp3) is 0.750. The van der Waals surface area contributed by atoms with Crippen molar-refractivity contribution in [2.75, 3.05) is 18.5 Å². The molecule has 5 heteroatoms. The highest BCUT2D eigenvalue weighted by atomic mass is 16.3. The molecule has 0 aliphatic carbocycles. The van der Waals surface area contributed by atoms with Gasteiger partial charge in [0.1, 0.15) is 0 Å². The molecule has 0 aliphatic rings. The summed E-state index contributed by atoms with van der Waals surface area (Å²) in [5.41, 5.74) is -0.0708. The molecule has 5 nitrogen and oxygen atoms in total. The monoisotopic (exact) mass is 295 g/mol. The zero-order valence-corrected chi connectivity index (χ0v) is 13.7. The van der Waals surface area contributed by atoms with Gasteiger partial charge in [0.25, 0.3) is 5.56 Å². The molecule has 0 fully saturated rings. The highest BCUT2D eigenvalue weighted by molar-refractivity contribution is 5.30. The first-order valence-corrected chi connectivity index (χ1v) is 7.84. The van der Waals surface area contributed by atoms with Crippen LogP contribution in [0.1, 0.15) is 40.5 Å². The molecule has 1 atom stereocenters. The topological polar surface area (TPSA) is 67.2 Å². The van der Waals surface area contributed by atoms with Crippen LogP contribution < -0.4 is 10.9 Å². The van der Waals surface area contributed by atoms with Gasteiger partial charge >= 0.3 is 0 Å². The molecule has 0 spiro atoms. The zero-order valence-electron chi connectivity index (χ0n) is 13.7. The Kier molecular flexibility index (Phi) is 7.43. The highest BCUT2D eigenvalue weighted by Gasteiger charge is 2.12. The normalized spacial score (nSPS) is 12.9. The van der Waals surface area contributed by atoms with E-state index in [-0.39, 0.29) is 12.2 Å². The molecule has 1 aromatic heterocycles. The molecule has 120 valence electrons. The fourth-order valence-electron chi connectivity index (χ4n) is 2.50. The van der Waals surface area contributed by atoms with Gasteiger partial charge in [-0.3, -0.25) is 4.79 Å². The third kappa shape index (κ3) is 6.29. The number of aliphatic hydroxyl groups excluding tert-OH is 1. The lowest BCUT2D eigenvalue weighted by atomic mass is 9.94. The summed E-state index contributed by atoms with van der Waals surface area (Å²) in [5, 5.41) is 12.3. The second-order valence-corrected chi connectivity index (χ2v) is 6.52. The van der Waals surface area contributed by atoms with E-state index in [4.69, 9.17) is 5.11 Å². The van der Waals surface area contributed by atoms with E-state index in [0.717, 1.165) is 12.8 Å². The molecule has 1 rings (SSSR count). The first-order chi connectivity index (χ1) is 9.93. The Labute approximate surface area is 127 Å². The minimum atomic E-state index is -0.0708. The number of aliphatic hydroxyl groups is 1. The van der Waals surface area contributed by atoms with E-state index in [1.807, 2.05) is 0 Å². The minimum Gasteiger partial charge on any atom is -0.396 e. The second-order valence-electron chi connectivity index (χ2n) is 6.52. The Hall–Kier alpha value is -1.36. The summed E-state index contributed by atoms with van der Waals surface area (Å²) in [4.78, 5) is 16.4. The third-order valence-corrected chi connectivity index (χ3v) is 3.38. The average molecular weight is 295 g/mol. The van der Waals surface area contributed by atoms with E-state index in [1.165, 1.54) is 0 Å². The number of aromatic nitrogens is 2. The van der Waals surface area contributed by atoms with Gasteiger partial charge in [-0.1, -0.05) is 27.7 Å². The van der Waals surface area contributed by atoms with Crippen LogP contribution in [0.3, 0.4) is 0 Å². The maximum atomic E-state index is 12.3. The molecule has 1 aromatic rings. The van der Waals surface area contributed by atoms with Gasteiger partial charge in [-0.15, -0.1) is 0 Å².